The van der Waals surface area contributed by atoms with Crippen molar-refractivity contribution >= 4 is 27.4 Å². The van der Waals surface area contributed by atoms with Gasteiger partial charge < -0.3 is 5.32 Å². The fourth-order valence-corrected chi connectivity index (χ4v) is 5.37. The van der Waals surface area contributed by atoms with Crippen LogP contribution in [0.3, 0.4) is 0 Å². The minimum Gasteiger partial charge on any atom is -0.368 e. The monoisotopic (exact) mass is 362 g/mol. The first kappa shape index (κ1) is 17.3. The molecule has 1 N–H and O–H groups in total. The van der Waals surface area contributed by atoms with Gasteiger partial charge in [-0.3, -0.25) is 0 Å². The Morgan fingerprint density at radius 2 is 1.83 bits per heavy atom. The lowest BCUT2D eigenvalue weighted by atomic mass is 10.1. The molecule has 0 bridgehead atoms. The topological polar surface area (TPSA) is 59.1 Å². The standard InChI is InChI=1S/C18H22N2O2S2/c1-24(21,22)16-10-7-13-19-17(16)20-14-18(11-5-6-12-18)23-15-8-3-2-4-9-15/h2-4,7-10,13H,5-6,11-12,14H2,1H3,(H,19,20). The van der Waals surface area contributed by atoms with Crippen LogP contribution in [0.2, 0.25) is 0 Å². The van der Waals surface area contributed by atoms with Gasteiger partial charge in [0.1, 0.15) is 10.7 Å². The molecule has 1 aromatic carbocycles. The summed E-state index contributed by atoms with van der Waals surface area (Å²) in [6.45, 7) is 0.714. The fraction of sp³-hybridized carbons (Fsp3) is 0.389. The van der Waals surface area contributed by atoms with Gasteiger partial charge in [0.25, 0.3) is 0 Å². The Hall–Kier alpha value is -1.53. The van der Waals surface area contributed by atoms with Crippen molar-refractivity contribution in [1.82, 2.24) is 4.98 Å². The SMILES string of the molecule is CS(=O)(=O)c1cccnc1NCC1(Sc2ccccc2)CCCC1. The highest BCUT2D eigenvalue weighted by atomic mass is 32.2. The Kier molecular flexibility index (Phi) is 5.15. The molecule has 0 amide bonds. The highest BCUT2D eigenvalue weighted by Gasteiger charge is 2.35. The minimum atomic E-state index is -3.29. The summed E-state index contributed by atoms with van der Waals surface area (Å²) in [7, 11) is -3.29. The van der Waals surface area contributed by atoms with Gasteiger partial charge in [0.2, 0.25) is 0 Å². The summed E-state index contributed by atoms with van der Waals surface area (Å²) in [5, 5.41) is 3.31. The van der Waals surface area contributed by atoms with Gasteiger partial charge in [0.05, 0.1) is 0 Å². The first-order valence-corrected chi connectivity index (χ1v) is 10.8. The number of hydrogen-bond acceptors (Lipinski definition) is 5. The van der Waals surface area contributed by atoms with E-state index in [-0.39, 0.29) is 9.64 Å². The number of benzene rings is 1. The van der Waals surface area contributed by atoms with E-state index in [9.17, 15) is 8.42 Å². The van der Waals surface area contributed by atoms with Crippen LogP contribution in [-0.4, -0.2) is 30.9 Å². The molecule has 0 atom stereocenters. The number of sulfone groups is 1. The first-order valence-electron chi connectivity index (χ1n) is 8.12. The van der Waals surface area contributed by atoms with Crippen molar-refractivity contribution in [3.8, 4) is 0 Å². The molecule has 1 fully saturated rings. The number of pyridine rings is 1. The predicted molar refractivity (Wildman–Crippen MR) is 99.3 cm³/mol. The molecule has 0 aliphatic heterocycles. The third-order valence-electron chi connectivity index (χ3n) is 4.34. The molecule has 1 heterocycles. The number of anilines is 1. The average molecular weight is 363 g/mol. The fourth-order valence-electron chi connectivity index (χ4n) is 3.14. The summed E-state index contributed by atoms with van der Waals surface area (Å²) in [6.07, 6.45) is 7.52. The number of nitrogens with one attached hydrogen (secondary N) is 1. The Bertz CT molecular complexity index is 786. The van der Waals surface area contributed by atoms with E-state index >= 15 is 0 Å². The summed E-state index contributed by atoms with van der Waals surface area (Å²) in [4.78, 5) is 5.77. The van der Waals surface area contributed by atoms with Crippen molar-refractivity contribution in [2.45, 2.75) is 40.2 Å². The van der Waals surface area contributed by atoms with Crippen LogP contribution in [0, 0.1) is 0 Å². The number of thioether (sulfide) groups is 1. The van der Waals surface area contributed by atoms with E-state index in [0.717, 1.165) is 12.8 Å². The molecule has 6 heteroatoms. The van der Waals surface area contributed by atoms with E-state index in [1.807, 2.05) is 17.8 Å². The third kappa shape index (κ3) is 4.11. The Morgan fingerprint density at radius 3 is 2.50 bits per heavy atom. The zero-order valence-corrected chi connectivity index (χ0v) is 15.4. The number of hydrogen-bond donors (Lipinski definition) is 1. The van der Waals surface area contributed by atoms with Crippen LogP contribution in [0.4, 0.5) is 5.82 Å². The Morgan fingerprint density at radius 1 is 1.12 bits per heavy atom. The lowest BCUT2D eigenvalue weighted by Gasteiger charge is -2.29. The maximum atomic E-state index is 11.9. The van der Waals surface area contributed by atoms with Crippen molar-refractivity contribution in [3.05, 3.63) is 48.7 Å². The highest BCUT2D eigenvalue weighted by Crippen LogP contribution is 2.45. The van der Waals surface area contributed by atoms with Crippen LogP contribution in [0.25, 0.3) is 0 Å². The van der Waals surface area contributed by atoms with E-state index in [1.165, 1.54) is 24.0 Å². The van der Waals surface area contributed by atoms with Crippen molar-refractivity contribution in [2.75, 3.05) is 18.1 Å². The number of nitrogens with zero attached hydrogens (tertiary/aromatic N) is 1. The third-order valence-corrected chi connectivity index (χ3v) is 6.96. The predicted octanol–water partition coefficient (Wildman–Crippen LogP) is 4.00. The molecular weight excluding hydrogens is 340 g/mol. The zero-order chi connectivity index (χ0) is 17.0. The lowest BCUT2D eigenvalue weighted by Crippen LogP contribution is -2.31. The van der Waals surface area contributed by atoms with E-state index in [0.29, 0.717) is 12.4 Å². The summed E-state index contributed by atoms with van der Waals surface area (Å²) in [5.74, 6) is 0.458. The van der Waals surface area contributed by atoms with E-state index in [4.69, 9.17) is 0 Å². The van der Waals surface area contributed by atoms with Gasteiger partial charge in [-0.1, -0.05) is 31.0 Å². The van der Waals surface area contributed by atoms with Crippen molar-refractivity contribution < 1.29 is 8.42 Å². The summed E-state index contributed by atoms with van der Waals surface area (Å²) in [6, 6.07) is 13.7. The molecule has 1 aliphatic rings. The Labute approximate surface area is 148 Å². The van der Waals surface area contributed by atoms with Gasteiger partial charge in [0, 0.05) is 28.6 Å². The summed E-state index contributed by atoms with van der Waals surface area (Å²) >= 11 is 1.89. The largest absolute Gasteiger partial charge is 0.368 e. The molecule has 3 rings (SSSR count). The van der Waals surface area contributed by atoms with E-state index < -0.39 is 9.84 Å². The smallest absolute Gasteiger partial charge is 0.179 e. The molecule has 0 radical (unpaired) electrons. The number of rotatable bonds is 6. The minimum absolute atomic E-state index is 0.0909. The van der Waals surface area contributed by atoms with Gasteiger partial charge in [0.15, 0.2) is 9.84 Å². The quantitative estimate of drug-likeness (QED) is 0.841. The van der Waals surface area contributed by atoms with Crippen molar-refractivity contribution in [2.24, 2.45) is 0 Å². The average Bonchev–Trinajstić information content (AvgIpc) is 3.02. The summed E-state index contributed by atoms with van der Waals surface area (Å²) in [5.41, 5.74) is 0. The van der Waals surface area contributed by atoms with Crippen LogP contribution >= 0.6 is 11.8 Å². The van der Waals surface area contributed by atoms with Crippen molar-refractivity contribution in [1.29, 1.82) is 0 Å². The van der Waals surface area contributed by atoms with Crippen LogP contribution in [0.5, 0.6) is 0 Å². The van der Waals surface area contributed by atoms with Gasteiger partial charge >= 0.3 is 0 Å². The van der Waals surface area contributed by atoms with Gasteiger partial charge in [-0.05, 0) is 37.1 Å². The second-order valence-corrected chi connectivity index (χ2v) is 9.81. The van der Waals surface area contributed by atoms with Gasteiger partial charge in [-0.15, -0.1) is 11.8 Å². The van der Waals surface area contributed by atoms with Crippen LogP contribution in [0.1, 0.15) is 25.7 Å². The zero-order valence-electron chi connectivity index (χ0n) is 13.7. The second-order valence-electron chi connectivity index (χ2n) is 6.28. The first-order chi connectivity index (χ1) is 11.5. The Balaban J connectivity index is 1.79. The molecule has 0 saturated heterocycles. The van der Waals surface area contributed by atoms with Gasteiger partial charge in [-0.25, -0.2) is 13.4 Å². The molecule has 128 valence electrons. The lowest BCUT2D eigenvalue weighted by molar-refractivity contribution is 0.601. The second kappa shape index (κ2) is 7.15. The molecule has 1 aromatic heterocycles. The normalized spacial score (nSPS) is 16.9. The van der Waals surface area contributed by atoms with Crippen molar-refractivity contribution in [3.63, 3.8) is 0 Å². The van der Waals surface area contributed by atoms with E-state index in [1.54, 1.807) is 18.3 Å². The van der Waals surface area contributed by atoms with Crippen LogP contribution in [-0.2, 0) is 9.84 Å². The number of aromatic nitrogens is 1. The maximum absolute atomic E-state index is 11.9. The molecule has 2 aromatic rings. The molecule has 0 unspecified atom stereocenters. The molecule has 1 aliphatic carbocycles. The highest BCUT2D eigenvalue weighted by molar-refractivity contribution is 8.00. The molecular formula is C18H22N2O2S2. The summed E-state index contributed by atoms with van der Waals surface area (Å²) < 4.78 is 24.0. The van der Waals surface area contributed by atoms with Crippen LogP contribution in [0.15, 0.2) is 58.5 Å². The molecule has 24 heavy (non-hydrogen) atoms. The maximum Gasteiger partial charge on any atom is 0.179 e. The molecule has 0 spiro atoms. The van der Waals surface area contributed by atoms with Crippen LogP contribution < -0.4 is 5.32 Å². The van der Waals surface area contributed by atoms with E-state index in [2.05, 4.69) is 34.6 Å². The molecule has 1 saturated carbocycles. The van der Waals surface area contributed by atoms with Gasteiger partial charge in [-0.2, -0.15) is 0 Å². The molecule has 4 nitrogen and oxygen atoms in total.